The smallest absolute Gasteiger partial charge is 0.306 e. The molecule has 0 aliphatic carbocycles. The third kappa shape index (κ3) is 3.81. The Bertz CT molecular complexity index is 981. The lowest BCUT2D eigenvalue weighted by molar-refractivity contribution is -0.387. The Morgan fingerprint density at radius 3 is 2.59 bits per heavy atom. The van der Waals surface area contributed by atoms with Crippen LogP contribution in [0.25, 0.3) is 0 Å². The summed E-state index contributed by atoms with van der Waals surface area (Å²) in [4.78, 5) is 22.6. The molecule has 1 N–H and O–H groups in total. The van der Waals surface area contributed by atoms with Crippen molar-refractivity contribution in [3.05, 3.63) is 64.5 Å². The minimum Gasteiger partial charge on any atom is -0.324 e. The van der Waals surface area contributed by atoms with E-state index in [0.29, 0.717) is 12.8 Å². The molecular weight excluding hydrogens is 377 g/mol. The highest BCUT2D eigenvalue weighted by Gasteiger charge is 2.39. The first-order valence-corrected chi connectivity index (χ1v) is 9.56. The second kappa shape index (κ2) is 7.41. The van der Waals surface area contributed by atoms with Gasteiger partial charge in [0.1, 0.15) is 6.04 Å². The number of rotatable bonds is 5. The van der Waals surface area contributed by atoms with Gasteiger partial charge in [0.2, 0.25) is 21.7 Å². The molecule has 142 valence electrons. The average Bonchev–Trinajstić information content (AvgIpc) is 3.14. The van der Waals surface area contributed by atoms with E-state index in [9.17, 15) is 27.7 Å². The maximum atomic E-state index is 13.4. The topological polar surface area (TPSA) is 110 Å². The van der Waals surface area contributed by atoms with Gasteiger partial charge in [-0.25, -0.2) is 8.42 Å². The van der Waals surface area contributed by atoms with Crippen LogP contribution >= 0.6 is 0 Å². The van der Waals surface area contributed by atoms with Crippen LogP contribution in [0.4, 0.5) is 15.8 Å². The molecule has 1 aliphatic rings. The molecule has 0 bridgehead atoms. The fourth-order valence-electron chi connectivity index (χ4n) is 2.97. The van der Waals surface area contributed by atoms with Gasteiger partial charge >= 0.3 is 5.69 Å². The number of nitro groups is 1. The Labute approximate surface area is 154 Å². The molecule has 0 radical (unpaired) electrons. The molecule has 0 saturated carbocycles. The van der Waals surface area contributed by atoms with Gasteiger partial charge in [-0.1, -0.05) is 18.2 Å². The van der Waals surface area contributed by atoms with Crippen LogP contribution in [0.5, 0.6) is 0 Å². The molecule has 0 spiro atoms. The number of nitro benzene ring substituents is 1. The Balaban J connectivity index is 1.82. The summed E-state index contributed by atoms with van der Waals surface area (Å²) in [7, 11) is -3.85. The van der Waals surface area contributed by atoms with Crippen LogP contribution in [0.2, 0.25) is 0 Å². The van der Waals surface area contributed by atoms with Crippen molar-refractivity contribution in [1.29, 1.82) is 0 Å². The molecule has 1 atom stereocenters. The average molecular weight is 393 g/mol. The van der Waals surface area contributed by atoms with Crippen molar-refractivity contribution in [3.63, 3.8) is 0 Å². The molecule has 0 aromatic heterocycles. The molecule has 1 amide bonds. The highest BCUT2D eigenvalue weighted by Crippen LogP contribution is 2.28. The van der Waals surface area contributed by atoms with Crippen LogP contribution in [0.15, 0.2) is 53.4 Å². The van der Waals surface area contributed by atoms with E-state index in [-0.39, 0.29) is 17.1 Å². The number of nitrogens with one attached hydrogen (secondary N) is 1. The van der Waals surface area contributed by atoms with Crippen LogP contribution in [-0.4, -0.2) is 36.1 Å². The predicted octanol–water partition coefficient (Wildman–Crippen LogP) is 2.53. The number of amides is 1. The number of benzene rings is 2. The molecule has 1 heterocycles. The van der Waals surface area contributed by atoms with Crippen LogP contribution in [0.1, 0.15) is 12.8 Å². The van der Waals surface area contributed by atoms with E-state index >= 15 is 0 Å². The normalized spacial score (nSPS) is 17.6. The molecule has 8 nitrogen and oxygen atoms in total. The molecule has 1 fully saturated rings. The van der Waals surface area contributed by atoms with Gasteiger partial charge in [0.25, 0.3) is 0 Å². The molecule has 1 unspecified atom stereocenters. The third-order valence-electron chi connectivity index (χ3n) is 4.27. The molecule has 1 aliphatic heterocycles. The van der Waals surface area contributed by atoms with E-state index in [1.165, 1.54) is 18.2 Å². The summed E-state index contributed by atoms with van der Waals surface area (Å²) in [6.45, 7) is 0.193. The standard InChI is InChI=1S/C17H16FN3O5S/c18-14-9-8-12(11-16(14)21(23)24)19-17(22)15-7-4-10-20(15)27(25,26)13-5-2-1-3-6-13/h1-3,5-6,8-9,11,15H,4,7,10H2,(H,19,22). The summed E-state index contributed by atoms with van der Waals surface area (Å²) >= 11 is 0. The number of nitrogens with zero attached hydrogens (tertiary/aromatic N) is 2. The second-order valence-electron chi connectivity index (χ2n) is 6.00. The first-order valence-electron chi connectivity index (χ1n) is 8.12. The lowest BCUT2D eigenvalue weighted by Crippen LogP contribution is -2.43. The van der Waals surface area contributed by atoms with Gasteiger partial charge in [0.05, 0.1) is 9.82 Å². The zero-order chi connectivity index (χ0) is 19.6. The lowest BCUT2D eigenvalue weighted by Gasteiger charge is -2.23. The number of hydrogen-bond donors (Lipinski definition) is 1. The number of carbonyl (C=O) groups is 1. The predicted molar refractivity (Wildman–Crippen MR) is 95.0 cm³/mol. The number of carbonyl (C=O) groups excluding carboxylic acids is 1. The van der Waals surface area contributed by atoms with Crippen molar-refractivity contribution >= 4 is 27.3 Å². The Morgan fingerprint density at radius 2 is 1.93 bits per heavy atom. The van der Waals surface area contributed by atoms with Gasteiger partial charge in [0.15, 0.2) is 0 Å². The highest BCUT2D eigenvalue weighted by atomic mass is 32.2. The third-order valence-corrected chi connectivity index (χ3v) is 6.19. The van der Waals surface area contributed by atoms with Crippen molar-refractivity contribution in [2.45, 2.75) is 23.8 Å². The molecule has 3 rings (SSSR count). The largest absolute Gasteiger partial charge is 0.324 e. The molecule has 10 heteroatoms. The fraction of sp³-hybridized carbons (Fsp3) is 0.235. The molecular formula is C17H16FN3O5S. The Morgan fingerprint density at radius 1 is 1.22 bits per heavy atom. The van der Waals surface area contributed by atoms with Crippen molar-refractivity contribution in [3.8, 4) is 0 Å². The zero-order valence-electron chi connectivity index (χ0n) is 14.0. The maximum absolute atomic E-state index is 13.4. The van der Waals surface area contributed by atoms with Gasteiger partial charge in [-0.3, -0.25) is 14.9 Å². The summed E-state index contributed by atoms with van der Waals surface area (Å²) in [5.74, 6) is -1.64. The minimum absolute atomic E-state index is 0.0251. The van der Waals surface area contributed by atoms with E-state index < -0.39 is 38.4 Å². The summed E-state index contributed by atoms with van der Waals surface area (Å²) in [5.41, 5.74) is -0.745. The summed E-state index contributed by atoms with van der Waals surface area (Å²) in [5, 5.41) is 13.3. The van der Waals surface area contributed by atoms with Gasteiger partial charge in [-0.15, -0.1) is 0 Å². The summed E-state index contributed by atoms with van der Waals surface area (Å²) in [6.07, 6.45) is 0.828. The monoisotopic (exact) mass is 393 g/mol. The maximum Gasteiger partial charge on any atom is 0.306 e. The SMILES string of the molecule is O=C(Nc1ccc(F)c([N+](=O)[O-])c1)C1CCCN1S(=O)(=O)c1ccccc1. The second-order valence-corrected chi connectivity index (χ2v) is 7.89. The van der Waals surface area contributed by atoms with Crippen LogP contribution < -0.4 is 5.32 Å². The van der Waals surface area contributed by atoms with E-state index in [2.05, 4.69) is 5.32 Å². The van der Waals surface area contributed by atoms with Crippen LogP contribution in [0.3, 0.4) is 0 Å². The highest BCUT2D eigenvalue weighted by molar-refractivity contribution is 7.89. The fourth-order valence-corrected chi connectivity index (χ4v) is 4.65. The number of sulfonamides is 1. The number of hydrogen-bond acceptors (Lipinski definition) is 5. The first-order chi connectivity index (χ1) is 12.8. The first kappa shape index (κ1) is 18.9. The Hall–Kier alpha value is -2.85. The van der Waals surface area contributed by atoms with Gasteiger partial charge in [-0.05, 0) is 37.1 Å². The van der Waals surface area contributed by atoms with Crippen LogP contribution in [0, 0.1) is 15.9 Å². The lowest BCUT2D eigenvalue weighted by atomic mass is 10.2. The summed E-state index contributed by atoms with van der Waals surface area (Å²) in [6, 6.07) is 9.79. The number of anilines is 1. The quantitative estimate of drug-likeness (QED) is 0.620. The van der Waals surface area contributed by atoms with Gasteiger partial charge in [0, 0.05) is 18.3 Å². The minimum atomic E-state index is -3.85. The Kier molecular flexibility index (Phi) is 5.19. The van der Waals surface area contributed by atoms with E-state index in [1.807, 2.05) is 0 Å². The van der Waals surface area contributed by atoms with E-state index in [0.717, 1.165) is 16.4 Å². The van der Waals surface area contributed by atoms with E-state index in [1.54, 1.807) is 18.2 Å². The molecule has 1 saturated heterocycles. The van der Waals surface area contributed by atoms with Crippen LogP contribution in [-0.2, 0) is 14.8 Å². The van der Waals surface area contributed by atoms with E-state index in [4.69, 9.17) is 0 Å². The molecule has 2 aromatic rings. The molecule has 2 aromatic carbocycles. The number of halogens is 1. The van der Waals surface area contributed by atoms with Crippen molar-refractivity contribution in [1.82, 2.24) is 4.31 Å². The zero-order valence-corrected chi connectivity index (χ0v) is 14.9. The van der Waals surface area contributed by atoms with Crippen molar-refractivity contribution < 1.29 is 22.5 Å². The van der Waals surface area contributed by atoms with Gasteiger partial charge < -0.3 is 5.32 Å². The van der Waals surface area contributed by atoms with Crippen molar-refractivity contribution in [2.24, 2.45) is 0 Å². The van der Waals surface area contributed by atoms with Gasteiger partial charge in [-0.2, -0.15) is 8.70 Å². The molecule has 27 heavy (non-hydrogen) atoms. The van der Waals surface area contributed by atoms with Crippen molar-refractivity contribution in [2.75, 3.05) is 11.9 Å². The summed E-state index contributed by atoms with van der Waals surface area (Å²) < 4.78 is 40.1.